The van der Waals surface area contributed by atoms with E-state index in [1.165, 1.54) is 6.07 Å². The molecule has 188 valence electrons. The van der Waals surface area contributed by atoms with Gasteiger partial charge in [0, 0.05) is 53.6 Å². The highest BCUT2D eigenvalue weighted by Crippen LogP contribution is 2.37. The summed E-state index contributed by atoms with van der Waals surface area (Å²) >= 11 is 0. The third-order valence-electron chi connectivity index (χ3n) is 7.90. The summed E-state index contributed by atoms with van der Waals surface area (Å²) in [4.78, 5) is 18.7. The molecule has 0 atom stereocenters. The highest BCUT2D eigenvalue weighted by Gasteiger charge is 2.52. The minimum atomic E-state index is -2.41. The second kappa shape index (κ2) is 8.87. The van der Waals surface area contributed by atoms with Crippen molar-refractivity contribution in [2.75, 3.05) is 13.1 Å². The first kappa shape index (κ1) is 21.2. The predicted molar refractivity (Wildman–Crippen MR) is 144 cm³/mol. The zero-order valence-electron chi connectivity index (χ0n) is 24.6. The van der Waals surface area contributed by atoms with Gasteiger partial charge in [-0.05, 0) is 81.3 Å². The number of aryl methyl sites for hydroxylation is 2. The maximum atomic E-state index is 11.7. The molecular formula is C28H35BN4O3. The molecule has 2 aliphatic heterocycles. The highest BCUT2D eigenvalue weighted by molar-refractivity contribution is 6.65. The van der Waals surface area contributed by atoms with Gasteiger partial charge in [-0.25, -0.2) is 4.98 Å². The molecule has 1 saturated heterocycles. The number of aromatic nitrogens is 2. The minimum absolute atomic E-state index is 0.00312. The van der Waals surface area contributed by atoms with E-state index in [0.717, 1.165) is 59.4 Å². The van der Waals surface area contributed by atoms with Crippen LogP contribution in [0.4, 0.5) is 0 Å². The van der Waals surface area contributed by atoms with Crippen LogP contribution in [0.2, 0.25) is 0 Å². The molecule has 1 amide bonds. The van der Waals surface area contributed by atoms with Gasteiger partial charge in [-0.15, -0.1) is 0 Å². The van der Waals surface area contributed by atoms with E-state index in [1.807, 2.05) is 13.1 Å². The molecule has 0 aliphatic carbocycles. The summed E-state index contributed by atoms with van der Waals surface area (Å²) in [6.45, 7) is 8.06. The molecule has 1 aromatic carbocycles. The van der Waals surface area contributed by atoms with Gasteiger partial charge in [-0.2, -0.15) is 0 Å². The van der Waals surface area contributed by atoms with E-state index in [4.69, 9.17) is 19.2 Å². The number of nitrogens with two attached hydrogens (primary N) is 1. The van der Waals surface area contributed by atoms with Gasteiger partial charge < -0.3 is 19.6 Å². The maximum absolute atomic E-state index is 11.7. The molecular weight excluding hydrogens is 451 g/mol. The summed E-state index contributed by atoms with van der Waals surface area (Å²) in [5.41, 5.74) is 9.47. The van der Waals surface area contributed by atoms with Gasteiger partial charge in [0.25, 0.3) is 0 Å². The van der Waals surface area contributed by atoms with Crippen LogP contribution >= 0.6 is 0 Å². The highest BCUT2D eigenvalue weighted by atomic mass is 16.7. The van der Waals surface area contributed by atoms with E-state index in [-0.39, 0.29) is 11.1 Å². The first-order valence-corrected chi connectivity index (χ1v) is 12.3. The van der Waals surface area contributed by atoms with Gasteiger partial charge in [0.15, 0.2) is 0 Å². The van der Waals surface area contributed by atoms with E-state index in [9.17, 15) is 4.79 Å². The third-order valence-corrected chi connectivity index (χ3v) is 7.90. The van der Waals surface area contributed by atoms with E-state index in [1.54, 1.807) is 18.3 Å². The van der Waals surface area contributed by atoms with Crippen LogP contribution in [0.1, 0.15) is 65.4 Å². The lowest BCUT2D eigenvalue weighted by atomic mass is 9.78. The summed E-state index contributed by atoms with van der Waals surface area (Å²) in [6.07, 6.45) is 4.69. The summed E-state index contributed by atoms with van der Waals surface area (Å²) in [5.74, 6) is -0.734. The average Bonchev–Trinajstić information content (AvgIpc) is 3.29. The molecule has 2 aliphatic rings. The van der Waals surface area contributed by atoms with E-state index < -0.39 is 31.1 Å². The van der Waals surface area contributed by atoms with Gasteiger partial charge in [-0.3, -0.25) is 9.69 Å². The van der Waals surface area contributed by atoms with Crippen LogP contribution in [0.3, 0.4) is 0 Å². The van der Waals surface area contributed by atoms with Crippen molar-refractivity contribution in [3.8, 4) is 0 Å². The maximum Gasteiger partial charge on any atom is 0.495 e. The standard InChI is InChI=1S/C28H35BN4O3/c1-18-15-20(7-8-22(18)25(30)34)19-10-13-33(14-11-19)17-21-16-23-24(9-12-31-26(23)32(21)6)29-35-27(2,3)28(4,5)36-29/h7-10,12,15-16H,11,13-14,17H2,1-6H3,(H2,30,34)/i1D3. The number of rotatable bonds is 5. The Kier molecular flexibility index (Phi) is 5.22. The molecule has 2 N–H and O–H groups in total. The Hall–Kier alpha value is -2.94. The minimum Gasteiger partial charge on any atom is -0.399 e. The number of fused-ring (bicyclic) bond motifs is 1. The Morgan fingerprint density at radius 2 is 1.94 bits per heavy atom. The van der Waals surface area contributed by atoms with Gasteiger partial charge >= 0.3 is 7.12 Å². The zero-order chi connectivity index (χ0) is 28.3. The Labute approximate surface area is 217 Å². The lowest BCUT2D eigenvalue weighted by Gasteiger charge is -2.32. The van der Waals surface area contributed by atoms with Crippen molar-refractivity contribution in [1.82, 2.24) is 14.5 Å². The average molecular weight is 489 g/mol. The number of amides is 1. The van der Waals surface area contributed by atoms with Gasteiger partial charge in [0.05, 0.1) is 11.2 Å². The van der Waals surface area contributed by atoms with Crippen LogP contribution in [0.5, 0.6) is 0 Å². The largest absolute Gasteiger partial charge is 0.495 e. The quantitative estimate of drug-likeness (QED) is 0.555. The number of primary amides is 1. The van der Waals surface area contributed by atoms with E-state index in [2.05, 4.69) is 54.3 Å². The molecule has 36 heavy (non-hydrogen) atoms. The second-order valence-electron chi connectivity index (χ2n) is 10.8. The predicted octanol–water partition coefficient (Wildman–Crippen LogP) is 3.57. The fourth-order valence-electron chi connectivity index (χ4n) is 4.92. The molecule has 0 saturated carbocycles. The SMILES string of the molecule is [2H]C([2H])([2H])c1cc(C2=CCN(Cc3cc4c(B5OC(C)(C)C(C)(C)O5)ccnc4n3C)CC2)ccc1C(N)=O. The smallest absolute Gasteiger partial charge is 0.399 e. The van der Waals surface area contributed by atoms with Crippen molar-refractivity contribution < 1.29 is 18.2 Å². The van der Waals surface area contributed by atoms with Crippen LogP contribution in [-0.2, 0) is 22.9 Å². The normalized spacial score (nSPS) is 21.2. The Bertz CT molecular complexity index is 1460. The molecule has 5 rings (SSSR count). The van der Waals surface area contributed by atoms with Crippen LogP contribution in [0, 0.1) is 6.85 Å². The molecule has 2 aromatic heterocycles. The molecule has 7 nitrogen and oxygen atoms in total. The fraction of sp³-hybridized carbons (Fsp3) is 0.429. The van der Waals surface area contributed by atoms with E-state index >= 15 is 0 Å². The number of pyridine rings is 1. The third kappa shape index (κ3) is 4.27. The Morgan fingerprint density at radius 1 is 1.19 bits per heavy atom. The lowest BCUT2D eigenvalue weighted by molar-refractivity contribution is 0.00578. The summed E-state index contributed by atoms with van der Waals surface area (Å²) < 4.78 is 38.2. The number of nitrogens with zero attached hydrogens (tertiary/aromatic N) is 3. The number of benzene rings is 1. The molecule has 8 heteroatoms. The summed E-state index contributed by atoms with van der Waals surface area (Å²) in [5, 5.41) is 1.02. The number of carbonyl (C=O) groups is 1. The van der Waals surface area contributed by atoms with E-state index in [0.29, 0.717) is 0 Å². The molecule has 4 heterocycles. The summed E-state index contributed by atoms with van der Waals surface area (Å²) in [7, 11) is 1.57. The number of hydrogen-bond acceptors (Lipinski definition) is 5. The first-order valence-electron chi connectivity index (χ1n) is 13.8. The Balaban J connectivity index is 1.36. The van der Waals surface area contributed by atoms with Crippen LogP contribution in [0.15, 0.2) is 42.6 Å². The number of hydrogen-bond donors (Lipinski definition) is 1. The van der Waals surface area contributed by atoms with Gasteiger partial charge in [0.2, 0.25) is 5.91 Å². The van der Waals surface area contributed by atoms with Crippen molar-refractivity contribution in [2.45, 2.75) is 58.7 Å². The second-order valence-corrected chi connectivity index (χ2v) is 10.8. The van der Waals surface area contributed by atoms with Gasteiger partial charge in [0.1, 0.15) is 5.65 Å². The van der Waals surface area contributed by atoms with Crippen LogP contribution in [-0.4, -0.2) is 51.8 Å². The van der Waals surface area contributed by atoms with Crippen LogP contribution < -0.4 is 11.2 Å². The molecule has 1 fully saturated rings. The van der Waals surface area contributed by atoms with Gasteiger partial charge in [-0.1, -0.05) is 18.2 Å². The molecule has 3 aromatic rings. The first-order chi connectivity index (χ1) is 18.2. The van der Waals surface area contributed by atoms with Crippen molar-refractivity contribution in [1.29, 1.82) is 0 Å². The van der Waals surface area contributed by atoms with Crippen molar-refractivity contribution in [3.05, 3.63) is 65.0 Å². The van der Waals surface area contributed by atoms with Crippen molar-refractivity contribution in [3.63, 3.8) is 0 Å². The topological polar surface area (TPSA) is 82.6 Å². The summed E-state index contributed by atoms with van der Waals surface area (Å²) in [6, 6.07) is 9.03. The molecule has 0 radical (unpaired) electrons. The van der Waals surface area contributed by atoms with Crippen molar-refractivity contribution >= 4 is 35.1 Å². The molecule has 0 spiro atoms. The monoisotopic (exact) mass is 489 g/mol. The number of carbonyl (C=O) groups excluding carboxylic acids is 1. The van der Waals surface area contributed by atoms with Crippen molar-refractivity contribution in [2.24, 2.45) is 12.8 Å². The lowest BCUT2D eigenvalue weighted by Crippen LogP contribution is -2.41. The van der Waals surface area contributed by atoms with Crippen LogP contribution in [0.25, 0.3) is 16.6 Å². The molecule has 0 bridgehead atoms. The Morgan fingerprint density at radius 3 is 2.58 bits per heavy atom. The fourth-order valence-corrected chi connectivity index (χ4v) is 4.92. The zero-order valence-corrected chi connectivity index (χ0v) is 21.6. The molecule has 0 unspecified atom stereocenters.